The number of carbonyl (C=O) groups excluding carboxylic acids is 1. The van der Waals surface area contributed by atoms with Crippen molar-refractivity contribution in [3.63, 3.8) is 0 Å². The summed E-state index contributed by atoms with van der Waals surface area (Å²) in [5, 5.41) is 4.30. The van der Waals surface area contributed by atoms with Crippen LogP contribution in [-0.4, -0.2) is 40.5 Å². The molecule has 1 amide bonds. The number of halogens is 2. The number of ether oxygens (including phenoxy) is 1. The van der Waals surface area contributed by atoms with Gasteiger partial charge in [-0.2, -0.15) is 0 Å². The van der Waals surface area contributed by atoms with Gasteiger partial charge in [0.05, 0.1) is 29.3 Å². The Morgan fingerprint density at radius 2 is 2.09 bits per heavy atom. The molecule has 0 aliphatic carbocycles. The number of nitrogens with one attached hydrogen (secondary N) is 1. The lowest BCUT2D eigenvalue weighted by atomic mass is 10.1. The molecular weight excluding hydrogens is 453 g/mol. The van der Waals surface area contributed by atoms with E-state index in [4.69, 9.17) is 16.3 Å². The average Bonchev–Trinajstić information content (AvgIpc) is 3.29. The minimum atomic E-state index is -0.285. The molecule has 2 aromatic carbocycles. The number of hydrogen-bond acceptors (Lipinski definition) is 5. The number of aromatic nitrogens is 2. The third kappa shape index (κ3) is 5.68. The number of hydrogen-bond donors (Lipinski definition) is 1. The molecule has 1 saturated heterocycles. The summed E-state index contributed by atoms with van der Waals surface area (Å²) in [6.45, 7) is 1.53. The smallest absolute Gasteiger partial charge is 0.262 e. The van der Waals surface area contributed by atoms with E-state index in [1.165, 1.54) is 23.9 Å². The molecule has 3 aromatic rings. The minimum Gasteiger partial charge on any atom is -0.376 e. The van der Waals surface area contributed by atoms with Gasteiger partial charge in [0.25, 0.3) is 5.56 Å². The molecule has 2 heterocycles. The summed E-state index contributed by atoms with van der Waals surface area (Å²) in [5.74, 6) is -0.332. The van der Waals surface area contributed by atoms with Gasteiger partial charge >= 0.3 is 0 Å². The third-order valence-electron chi connectivity index (χ3n) is 5.27. The number of fused-ring (bicyclic) bond motifs is 1. The number of nitrogens with zero attached hydrogens (tertiary/aromatic N) is 2. The molecule has 1 fully saturated rings. The summed E-state index contributed by atoms with van der Waals surface area (Å²) in [7, 11) is 0. The molecule has 168 valence electrons. The Labute approximate surface area is 194 Å². The van der Waals surface area contributed by atoms with Crippen molar-refractivity contribution in [2.24, 2.45) is 0 Å². The number of amides is 1. The molecule has 9 heteroatoms. The van der Waals surface area contributed by atoms with E-state index in [9.17, 15) is 14.0 Å². The molecule has 1 unspecified atom stereocenters. The SMILES string of the molecule is O=C(CSc1nc2cc(Cl)ccc2c(=O)n1CC1CCCO1)NCCc1ccc(F)cc1. The van der Waals surface area contributed by atoms with E-state index in [2.05, 4.69) is 10.3 Å². The molecule has 0 bridgehead atoms. The van der Waals surface area contributed by atoms with Gasteiger partial charge in [-0.05, 0) is 55.2 Å². The second kappa shape index (κ2) is 10.5. The fraction of sp³-hybridized carbons (Fsp3) is 0.348. The molecule has 32 heavy (non-hydrogen) atoms. The van der Waals surface area contributed by atoms with E-state index in [1.807, 2.05) is 0 Å². The van der Waals surface area contributed by atoms with Crippen molar-refractivity contribution in [1.82, 2.24) is 14.9 Å². The maximum absolute atomic E-state index is 13.1. The minimum absolute atomic E-state index is 0.0388. The van der Waals surface area contributed by atoms with Crippen LogP contribution in [-0.2, 0) is 22.5 Å². The van der Waals surface area contributed by atoms with Crippen LogP contribution in [0.15, 0.2) is 52.4 Å². The Bertz CT molecular complexity index is 1160. The second-order valence-corrected chi connectivity index (χ2v) is 9.00. The molecular formula is C23H23ClFN3O3S. The second-order valence-electron chi connectivity index (χ2n) is 7.62. The lowest BCUT2D eigenvalue weighted by Gasteiger charge is -2.16. The highest BCUT2D eigenvalue weighted by Gasteiger charge is 2.21. The van der Waals surface area contributed by atoms with Crippen molar-refractivity contribution in [3.8, 4) is 0 Å². The summed E-state index contributed by atoms with van der Waals surface area (Å²) >= 11 is 7.30. The van der Waals surface area contributed by atoms with Crippen molar-refractivity contribution in [3.05, 3.63) is 69.2 Å². The molecule has 0 radical (unpaired) electrons. The summed E-state index contributed by atoms with van der Waals surface area (Å²) < 4.78 is 20.3. The first-order valence-electron chi connectivity index (χ1n) is 10.5. The largest absolute Gasteiger partial charge is 0.376 e. The van der Waals surface area contributed by atoms with Crippen LogP contribution in [0.2, 0.25) is 5.02 Å². The van der Waals surface area contributed by atoms with Gasteiger partial charge in [-0.3, -0.25) is 14.2 Å². The molecule has 6 nitrogen and oxygen atoms in total. The van der Waals surface area contributed by atoms with Gasteiger partial charge in [-0.1, -0.05) is 35.5 Å². The summed E-state index contributed by atoms with van der Waals surface area (Å²) in [5.41, 5.74) is 1.28. The van der Waals surface area contributed by atoms with Crippen LogP contribution in [0.1, 0.15) is 18.4 Å². The number of carbonyl (C=O) groups is 1. The number of benzene rings is 2. The van der Waals surface area contributed by atoms with Crippen molar-refractivity contribution < 1.29 is 13.9 Å². The maximum Gasteiger partial charge on any atom is 0.262 e. The highest BCUT2D eigenvalue weighted by atomic mass is 35.5. The first-order valence-corrected chi connectivity index (χ1v) is 11.8. The standard InChI is InChI=1S/C23H23ClFN3O3S/c24-16-5-8-19-20(12-16)27-23(28(22(19)30)13-18-2-1-11-31-18)32-14-21(29)26-10-9-15-3-6-17(25)7-4-15/h3-8,12,18H,1-2,9-11,13-14H2,(H,26,29). The molecule has 1 aliphatic heterocycles. The Kier molecular flexibility index (Phi) is 7.44. The fourth-order valence-electron chi connectivity index (χ4n) is 3.62. The van der Waals surface area contributed by atoms with Crippen LogP contribution >= 0.6 is 23.4 Å². The maximum atomic E-state index is 13.1. The Morgan fingerprint density at radius 3 is 2.84 bits per heavy atom. The Morgan fingerprint density at radius 1 is 1.28 bits per heavy atom. The van der Waals surface area contributed by atoms with Crippen molar-refractivity contribution in [2.45, 2.75) is 37.1 Å². The van der Waals surface area contributed by atoms with E-state index in [1.54, 1.807) is 34.9 Å². The van der Waals surface area contributed by atoms with E-state index >= 15 is 0 Å². The highest BCUT2D eigenvalue weighted by Crippen LogP contribution is 2.22. The Balaban J connectivity index is 1.44. The van der Waals surface area contributed by atoms with Gasteiger partial charge in [-0.15, -0.1) is 0 Å². The van der Waals surface area contributed by atoms with E-state index in [0.29, 0.717) is 47.2 Å². The molecule has 1 aromatic heterocycles. The molecule has 1 aliphatic rings. The van der Waals surface area contributed by atoms with Crippen LogP contribution < -0.4 is 10.9 Å². The van der Waals surface area contributed by atoms with E-state index in [0.717, 1.165) is 18.4 Å². The predicted molar refractivity (Wildman–Crippen MR) is 124 cm³/mol. The lowest BCUT2D eigenvalue weighted by molar-refractivity contribution is -0.118. The third-order valence-corrected chi connectivity index (χ3v) is 6.49. The average molecular weight is 476 g/mol. The van der Waals surface area contributed by atoms with E-state index in [-0.39, 0.29) is 29.1 Å². The first kappa shape index (κ1) is 22.8. The van der Waals surface area contributed by atoms with Crippen LogP contribution in [0, 0.1) is 5.82 Å². The Hall–Kier alpha value is -2.42. The highest BCUT2D eigenvalue weighted by molar-refractivity contribution is 7.99. The zero-order valence-corrected chi connectivity index (χ0v) is 18.9. The predicted octanol–water partition coefficient (Wildman–Crippen LogP) is 3.82. The van der Waals surface area contributed by atoms with Crippen molar-refractivity contribution >= 4 is 40.2 Å². The zero-order valence-electron chi connectivity index (χ0n) is 17.4. The zero-order chi connectivity index (χ0) is 22.5. The molecule has 0 saturated carbocycles. The van der Waals surface area contributed by atoms with Gasteiger partial charge in [0.1, 0.15) is 5.82 Å². The molecule has 1 N–H and O–H groups in total. The van der Waals surface area contributed by atoms with E-state index < -0.39 is 0 Å². The van der Waals surface area contributed by atoms with Crippen LogP contribution in [0.25, 0.3) is 10.9 Å². The van der Waals surface area contributed by atoms with Gasteiger partial charge in [0, 0.05) is 18.2 Å². The quantitative estimate of drug-likeness (QED) is 0.396. The molecule has 1 atom stereocenters. The molecule has 0 spiro atoms. The van der Waals surface area contributed by atoms with Gasteiger partial charge < -0.3 is 10.1 Å². The van der Waals surface area contributed by atoms with Crippen molar-refractivity contribution in [2.75, 3.05) is 18.9 Å². The normalized spacial score (nSPS) is 15.9. The van der Waals surface area contributed by atoms with Crippen LogP contribution in [0.5, 0.6) is 0 Å². The van der Waals surface area contributed by atoms with Gasteiger partial charge in [-0.25, -0.2) is 9.37 Å². The topological polar surface area (TPSA) is 73.2 Å². The first-order chi connectivity index (χ1) is 15.5. The molecule has 4 rings (SSSR count). The lowest BCUT2D eigenvalue weighted by Crippen LogP contribution is -2.30. The fourth-order valence-corrected chi connectivity index (χ4v) is 4.62. The summed E-state index contributed by atoms with van der Waals surface area (Å²) in [6, 6.07) is 11.2. The van der Waals surface area contributed by atoms with Gasteiger partial charge in [0.2, 0.25) is 5.91 Å². The van der Waals surface area contributed by atoms with Crippen molar-refractivity contribution in [1.29, 1.82) is 0 Å². The van der Waals surface area contributed by atoms with Gasteiger partial charge in [0.15, 0.2) is 5.16 Å². The van der Waals surface area contributed by atoms with Crippen LogP contribution in [0.3, 0.4) is 0 Å². The monoisotopic (exact) mass is 475 g/mol. The number of thioether (sulfide) groups is 1. The van der Waals surface area contributed by atoms with Crippen LogP contribution in [0.4, 0.5) is 4.39 Å². The number of rotatable bonds is 8. The summed E-state index contributed by atoms with van der Waals surface area (Å²) in [4.78, 5) is 30.1. The summed E-state index contributed by atoms with van der Waals surface area (Å²) in [6.07, 6.45) is 2.42.